The first-order valence-corrected chi connectivity index (χ1v) is 8.91. The highest BCUT2D eigenvalue weighted by molar-refractivity contribution is 5.86. The Morgan fingerprint density at radius 2 is 1.78 bits per heavy atom. The van der Waals surface area contributed by atoms with E-state index in [9.17, 15) is 4.79 Å². The van der Waals surface area contributed by atoms with E-state index in [0.29, 0.717) is 12.4 Å². The molecular formula is C22H22N2O3. The van der Waals surface area contributed by atoms with Crippen molar-refractivity contribution in [1.82, 2.24) is 5.43 Å². The summed E-state index contributed by atoms with van der Waals surface area (Å²) in [5.41, 5.74) is 3.28. The highest BCUT2D eigenvalue weighted by Gasteiger charge is 2.03. The number of nitrogens with one attached hydrogen (secondary N) is 1. The molecule has 1 amide bonds. The van der Waals surface area contributed by atoms with Crippen LogP contribution >= 0.6 is 0 Å². The Morgan fingerprint density at radius 1 is 1.00 bits per heavy atom. The van der Waals surface area contributed by atoms with E-state index in [4.69, 9.17) is 9.47 Å². The molecule has 0 aliphatic carbocycles. The van der Waals surface area contributed by atoms with Gasteiger partial charge in [-0.2, -0.15) is 5.10 Å². The zero-order valence-corrected chi connectivity index (χ0v) is 15.2. The van der Waals surface area contributed by atoms with E-state index < -0.39 is 0 Å². The number of amides is 1. The number of carbonyl (C=O) groups excluding carboxylic acids is 1. The molecule has 0 aliphatic rings. The number of hydrogen-bond donors (Lipinski definition) is 1. The van der Waals surface area contributed by atoms with Gasteiger partial charge in [-0.25, -0.2) is 5.43 Å². The topological polar surface area (TPSA) is 59.9 Å². The number of para-hydroxylation sites is 1. The zero-order chi connectivity index (χ0) is 18.9. The second kappa shape index (κ2) is 9.38. The van der Waals surface area contributed by atoms with Gasteiger partial charge in [0.1, 0.15) is 11.5 Å². The third-order valence-electron chi connectivity index (χ3n) is 3.86. The van der Waals surface area contributed by atoms with Crippen LogP contribution in [0.1, 0.15) is 18.9 Å². The fraction of sp³-hybridized carbons (Fsp3) is 0.182. The van der Waals surface area contributed by atoms with Gasteiger partial charge in [0.15, 0.2) is 6.61 Å². The predicted molar refractivity (Wildman–Crippen MR) is 107 cm³/mol. The van der Waals surface area contributed by atoms with Crippen molar-refractivity contribution in [3.8, 4) is 11.5 Å². The molecule has 0 bridgehead atoms. The van der Waals surface area contributed by atoms with Crippen molar-refractivity contribution in [2.75, 3.05) is 13.2 Å². The fourth-order valence-corrected chi connectivity index (χ4v) is 2.54. The van der Waals surface area contributed by atoms with E-state index in [-0.39, 0.29) is 12.5 Å². The predicted octanol–water partition coefficient (Wildman–Crippen LogP) is 4.16. The molecule has 1 N–H and O–H groups in total. The molecule has 27 heavy (non-hydrogen) atoms. The number of benzene rings is 3. The maximum atomic E-state index is 11.9. The van der Waals surface area contributed by atoms with Gasteiger partial charge in [0.25, 0.3) is 5.91 Å². The molecule has 0 heterocycles. The second-order valence-corrected chi connectivity index (χ2v) is 5.98. The van der Waals surface area contributed by atoms with E-state index in [2.05, 4.69) is 10.5 Å². The van der Waals surface area contributed by atoms with Crippen LogP contribution in [0.25, 0.3) is 10.8 Å². The average Bonchev–Trinajstić information content (AvgIpc) is 2.71. The van der Waals surface area contributed by atoms with Crippen LogP contribution < -0.4 is 14.9 Å². The van der Waals surface area contributed by atoms with E-state index in [1.807, 2.05) is 73.7 Å². The van der Waals surface area contributed by atoms with Crippen molar-refractivity contribution < 1.29 is 14.3 Å². The first kappa shape index (κ1) is 18.5. The highest BCUT2D eigenvalue weighted by atomic mass is 16.5. The maximum Gasteiger partial charge on any atom is 0.277 e. The summed E-state index contributed by atoms with van der Waals surface area (Å²) >= 11 is 0. The molecule has 3 rings (SSSR count). The number of nitrogens with zero attached hydrogens (tertiary/aromatic N) is 1. The quantitative estimate of drug-likeness (QED) is 0.483. The summed E-state index contributed by atoms with van der Waals surface area (Å²) in [4.78, 5) is 11.9. The minimum absolute atomic E-state index is 0.107. The van der Waals surface area contributed by atoms with Crippen LogP contribution in [-0.4, -0.2) is 25.3 Å². The first-order chi connectivity index (χ1) is 13.3. The number of hydrogen-bond acceptors (Lipinski definition) is 4. The number of hydrazone groups is 1. The Hall–Kier alpha value is -3.34. The van der Waals surface area contributed by atoms with Crippen LogP contribution in [0, 0.1) is 0 Å². The number of carbonyl (C=O) groups is 1. The largest absolute Gasteiger partial charge is 0.493 e. The monoisotopic (exact) mass is 362 g/mol. The van der Waals surface area contributed by atoms with E-state index in [1.165, 1.54) is 0 Å². The Balaban J connectivity index is 1.52. The summed E-state index contributed by atoms with van der Waals surface area (Å²) in [5, 5.41) is 6.18. The summed E-state index contributed by atoms with van der Waals surface area (Å²) in [7, 11) is 0. The standard InChI is InChI=1S/C22H22N2O3/c1-2-13-26-21-10-6-5-9-19(21)15-23-24-22(25)16-27-20-12-11-17-7-3-4-8-18(17)14-20/h3-12,14-15H,2,13,16H2,1H3,(H,24,25)/b23-15+. The summed E-state index contributed by atoms with van der Waals surface area (Å²) < 4.78 is 11.2. The summed E-state index contributed by atoms with van der Waals surface area (Å²) in [6.07, 6.45) is 2.49. The molecule has 5 nitrogen and oxygen atoms in total. The van der Waals surface area contributed by atoms with E-state index in [1.54, 1.807) is 6.21 Å². The Labute approximate surface area is 158 Å². The zero-order valence-electron chi connectivity index (χ0n) is 15.2. The Kier molecular flexibility index (Phi) is 6.41. The molecule has 0 aromatic heterocycles. The van der Waals surface area contributed by atoms with Gasteiger partial charge in [0.2, 0.25) is 0 Å². The van der Waals surface area contributed by atoms with Crippen molar-refractivity contribution in [3.63, 3.8) is 0 Å². The van der Waals surface area contributed by atoms with Crippen molar-refractivity contribution >= 4 is 22.9 Å². The van der Waals surface area contributed by atoms with Crippen LogP contribution in [0.2, 0.25) is 0 Å². The van der Waals surface area contributed by atoms with Gasteiger partial charge in [0.05, 0.1) is 12.8 Å². The summed E-state index contributed by atoms with van der Waals surface area (Å²) in [5.74, 6) is 1.06. The van der Waals surface area contributed by atoms with Gasteiger partial charge < -0.3 is 9.47 Å². The van der Waals surface area contributed by atoms with Crippen molar-refractivity contribution in [3.05, 3.63) is 72.3 Å². The molecule has 0 saturated carbocycles. The first-order valence-electron chi connectivity index (χ1n) is 8.91. The molecule has 0 fully saturated rings. The lowest BCUT2D eigenvalue weighted by atomic mass is 10.1. The number of rotatable bonds is 8. The average molecular weight is 362 g/mol. The van der Waals surface area contributed by atoms with Gasteiger partial charge in [-0.3, -0.25) is 4.79 Å². The minimum atomic E-state index is -0.327. The SMILES string of the molecule is CCCOc1ccccc1/C=N/NC(=O)COc1ccc2ccccc2c1. The molecule has 0 atom stereocenters. The molecule has 0 spiro atoms. The Morgan fingerprint density at radius 3 is 2.63 bits per heavy atom. The highest BCUT2D eigenvalue weighted by Crippen LogP contribution is 2.20. The normalized spacial score (nSPS) is 10.9. The van der Waals surface area contributed by atoms with Crippen molar-refractivity contribution in [2.24, 2.45) is 5.10 Å². The van der Waals surface area contributed by atoms with Gasteiger partial charge in [-0.05, 0) is 41.5 Å². The maximum absolute atomic E-state index is 11.9. The van der Waals surface area contributed by atoms with Crippen LogP contribution in [0.15, 0.2) is 71.8 Å². The molecular weight excluding hydrogens is 340 g/mol. The van der Waals surface area contributed by atoms with Crippen LogP contribution in [0.5, 0.6) is 11.5 Å². The number of ether oxygens (including phenoxy) is 2. The van der Waals surface area contributed by atoms with Crippen LogP contribution in [-0.2, 0) is 4.79 Å². The Bertz CT molecular complexity index is 937. The molecule has 138 valence electrons. The fourth-order valence-electron chi connectivity index (χ4n) is 2.54. The van der Waals surface area contributed by atoms with E-state index >= 15 is 0 Å². The molecule has 3 aromatic rings. The lowest BCUT2D eigenvalue weighted by Gasteiger charge is -2.08. The van der Waals surface area contributed by atoms with Gasteiger partial charge in [0, 0.05) is 5.56 Å². The van der Waals surface area contributed by atoms with Gasteiger partial charge in [-0.1, -0.05) is 49.4 Å². The minimum Gasteiger partial charge on any atom is -0.493 e. The van der Waals surface area contributed by atoms with Crippen molar-refractivity contribution in [1.29, 1.82) is 0 Å². The van der Waals surface area contributed by atoms with Crippen LogP contribution in [0.3, 0.4) is 0 Å². The third kappa shape index (κ3) is 5.31. The lowest BCUT2D eigenvalue weighted by Crippen LogP contribution is -2.24. The number of fused-ring (bicyclic) bond motifs is 1. The van der Waals surface area contributed by atoms with Gasteiger partial charge in [-0.15, -0.1) is 0 Å². The molecule has 3 aromatic carbocycles. The van der Waals surface area contributed by atoms with Crippen molar-refractivity contribution in [2.45, 2.75) is 13.3 Å². The van der Waals surface area contributed by atoms with E-state index in [0.717, 1.165) is 28.5 Å². The smallest absolute Gasteiger partial charge is 0.277 e. The molecule has 0 saturated heterocycles. The summed E-state index contributed by atoms with van der Waals surface area (Å²) in [6, 6.07) is 21.3. The second-order valence-electron chi connectivity index (χ2n) is 5.98. The van der Waals surface area contributed by atoms with Gasteiger partial charge >= 0.3 is 0 Å². The third-order valence-corrected chi connectivity index (χ3v) is 3.86. The lowest BCUT2D eigenvalue weighted by molar-refractivity contribution is -0.123. The molecule has 5 heteroatoms. The summed E-state index contributed by atoms with van der Waals surface area (Å²) in [6.45, 7) is 2.58. The molecule has 0 unspecified atom stereocenters. The molecule has 0 aliphatic heterocycles. The molecule has 0 radical (unpaired) electrons. The van der Waals surface area contributed by atoms with Crippen LogP contribution in [0.4, 0.5) is 0 Å².